The minimum absolute atomic E-state index is 0. The average molecular weight is 561 g/mol. The molecule has 2 N–H and O–H groups in total. The fraction of sp³-hybridized carbons (Fsp3) is 0.417. The molecule has 0 radical (unpaired) electrons. The number of aromatic nitrogens is 1. The Hall–Kier alpha value is -2.69. The van der Waals surface area contributed by atoms with Crippen molar-refractivity contribution in [2.24, 2.45) is 28.7 Å². The van der Waals surface area contributed by atoms with Gasteiger partial charge in [-0.15, -0.1) is 24.0 Å². The second kappa shape index (κ2) is 10.1. The zero-order valence-corrected chi connectivity index (χ0v) is 20.8. The van der Waals surface area contributed by atoms with Crippen LogP contribution < -0.4 is 10.6 Å². The van der Waals surface area contributed by atoms with E-state index < -0.39 is 0 Å². The molecule has 5 rings (SSSR count). The zero-order chi connectivity index (χ0) is 22.1. The Labute approximate surface area is 209 Å². The molecule has 1 aromatic heterocycles. The van der Waals surface area contributed by atoms with Gasteiger partial charge in [0.1, 0.15) is 5.69 Å². The van der Waals surface area contributed by atoms with Gasteiger partial charge in [-0.3, -0.25) is 19.5 Å². The van der Waals surface area contributed by atoms with Crippen LogP contribution in [0.5, 0.6) is 0 Å². The number of fused-ring (bicyclic) bond motifs is 5. The highest BCUT2D eigenvalue weighted by atomic mass is 127. The molecule has 2 fully saturated rings. The number of amides is 2. The van der Waals surface area contributed by atoms with Gasteiger partial charge in [-0.25, -0.2) is 0 Å². The van der Waals surface area contributed by atoms with Crippen LogP contribution in [0.15, 0.2) is 58.1 Å². The number of carbonyl (C=O) groups excluding carboxylic acids is 2. The standard InChI is InChI=1S/C24H27N5O3.HI/c1-25-24(27-14-18-13-19(32-28-18)15-6-3-2-4-7-15)26-10-5-11-29-22(30)20-16-8-9-17(12-16)21(20)23(29)31;/h2-4,6-9,13,16-17,20-21H,5,10-12,14H2,1H3,(H2,25,26,27);1H. The largest absolute Gasteiger partial charge is 0.356 e. The van der Waals surface area contributed by atoms with Gasteiger partial charge < -0.3 is 15.2 Å². The van der Waals surface area contributed by atoms with E-state index in [0.717, 1.165) is 23.4 Å². The van der Waals surface area contributed by atoms with Crippen LogP contribution in [0.2, 0.25) is 0 Å². The third-order valence-corrected chi connectivity index (χ3v) is 6.69. The predicted octanol–water partition coefficient (Wildman–Crippen LogP) is 2.82. The summed E-state index contributed by atoms with van der Waals surface area (Å²) < 4.78 is 5.42. The number of halogens is 1. The minimum Gasteiger partial charge on any atom is -0.356 e. The van der Waals surface area contributed by atoms with Gasteiger partial charge in [0.15, 0.2) is 11.7 Å². The number of nitrogens with zero attached hydrogens (tertiary/aromatic N) is 3. The molecule has 174 valence electrons. The normalized spacial score (nSPS) is 25.4. The van der Waals surface area contributed by atoms with Crippen LogP contribution in [-0.2, 0) is 16.1 Å². The van der Waals surface area contributed by atoms with Crippen LogP contribution in [0.4, 0.5) is 0 Å². The molecule has 0 spiro atoms. The minimum atomic E-state index is -0.122. The molecule has 1 aliphatic heterocycles. The van der Waals surface area contributed by atoms with Crippen LogP contribution in [0.3, 0.4) is 0 Å². The fourth-order valence-electron chi connectivity index (χ4n) is 5.16. The van der Waals surface area contributed by atoms with E-state index in [2.05, 4.69) is 32.9 Å². The third kappa shape index (κ3) is 4.55. The van der Waals surface area contributed by atoms with E-state index in [4.69, 9.17) is 4.52 Å². The van der Waals surface area contributed by atoms with E-state index in [9.17, 15) is 9.59 Å². The lowest BCUT2D eigenvalue weighted by molar-refractivity contribution is -0.140. The molecular weight excluding hydrogens is 533 g/mol. The summed E-state index contributed by atoms with van der Waals surface area (Å²) >= 11 is 0. The van der Waals surface area contributed by atoms with Crippen molar-refractivity contribution in [3.05, 3.63) is 54.2 Å². The quantitative estimate of drug-likeness (QED) is 0.135. The Morgan fingerprint density at radius 1 is 1.12 bits per heavy atom. The van der Waals surface area contributed by atoms with Gasteiger partial charge in [-0.1, -0.05) is 47.6 Å². The summed E-state index contributed by atoms with van der Waals surface area (Å²) in [6.07, 6.45) is 5.87. The number of benzene rings is 1. The Morgan fingerprint density at radius 3 is 2.48 bits per heavy atom. The van der Waals surface area contributed by atoms with Crippen LogP contribution in [0.25, 0.3) is 11.3 Å². The molecule has 2 aromatic rings. The van der Waals surface area contributed by atoms with Crippen molar-refractivity contribution in [3.8, 4) is 11.3 Å². The topological polar surface area (TPSA) is 99.8 Å². The van der Waals surface area contributed by atoms with Crippen LogP contribution in [0.1, 0.15) is 18.5 Å². The summed E-state index contributed by atoms with van der Waals surface area (Å²) in [6, 6.07) is 11.7. The van der Waals surface area contributed by atoms with Crippen molar-refractivity contribution >= 4 is 41.8 Å². The van der Waals surface area contributed by atoms with Crippen LogP contribution >= 0.6 is 24.0 Å². The molecule has 4 unspecified atom stereocenters. The lowest BCUT2D eigenvalue weighted by Gasteiger charge is -2.17. The van der Waals surface area contributed by atoms with E-state index >= 15 is 0 Å². The predicted molar refractivity (Wildman–Crippen MR) is 135 cm³/mol. The third-order valence-electron chi connectivity index (χ3n) is 6.69. The van der Waals surface area contributed by atoms with E-state index in [1.807, 2.05) is 36.4 Å². The van der Waals surface area contributed by atoms with E-state index in [0.29, 0.717) is 32.0 Å². The molecule has 2 aliphatic carbocycles. The summed E-state index contributed by atoms with van der Waals surface area (Å²) in [5.41, 5.74) is 1.75. The van der Waals surface area contributed by atoms with Gasteiger partial charge in [0, 0.05) is 31.8 Å². The summed E-state index contributed by atoms with van der Waals surface area (Å²) in [5.74, 6) is 1.65. The second-order valence-electron chi connectivity index (χ2n) is 8.58. The average Bonchev–Trinajstić information content (AvgIpc) is 3.60. The van der Waals surface area contributed by atoms with Gasteiger partial charge in [-0.05, 0) is 24.7 Å². The molecular formula is C24H28IN5O3. The van der Waals surface area contributed by atoms with Crippen LogP contribution in [0, 0.1) is 23.7 Å². The first-order valence-electron chi connectivity index (χ1n) is 11.1. The van der Waals surface area contributed by atoms with Crippen molar-refractivity contribution in [1.82, 2.24) is 20.7 Å². The number of rotatable bonds is 7. The number of imide groups is 1. The number of hydrogen-bond acceptors (Lipinski definition) is 5. The van der Waals surface area contributed by atoms with Crippen LogP contribution in [-0.4, -0.2) is 48.0 Å². The Kier molecular flexibility index (Phi) is 7.16. The number of nitrogens with one attached hydrogen (secondary N) is 2. The second-order valence-corrected chi connectivity index (χ2v) is 8.58. The van der Waals surface area contributed by atoms with Gasteiger partial charge >= 0.3 is 0 Å². The number of carbonyl (C=O) groups is 2. The van der Waals surface area contributed by atoms with Crippen molar-refractivity contribution in [2.75, 3.05) is 20.1 Å². The Morgan fingerprint density at radius 2 is 1.82 bits per heavy atom. The monoisotopic (exact) mass is 561 g/mol. The maximum absolute atomic E-state index is 12.7. The van der Waals surface area contributed by atoms with Gasteiger partial charge in [0.05, 0.1) is 18.4 Å². The highest BCUT2D eigenvalue weighted by molar-refractivity contribution is 14.0. The molecule has 9 heteroatoms. The SMILES string of the molecule is CN=C(NCCCN1C(=O)C2C3C=CC(C3)C2C1=O)NCc1cc(-c2ccccc2)on1.I. The molecule has 33 heavy (non-hydrogen) atoms. The van der Waals surface area contributed by atoms with Crippen molar-refractivity contribution in [3.63, 3.8) is 0 Å². The molecule has 1 saturated heterocycles. The van der Waals surface area contributed by atoms with Crippen molar-refractivity contribution in [1.29, 1.82) is 0 Å². The molecule has 4 atom stereocenters. The van der Waals surface area contributed by atoms with Gasteiger partial charge in [0.2, 0.25) is 11.8 Å². The maximum atomic E-state index is 12.7. The van der Waals surface area contributed by atoms with Crippen molar-refractivity contribution < 1.29 is 14.1 Å². The smallest absolute Gasteiger partial charge is 0.233 e. The first-order chi connectivity index (χ1) is 15.7. The number of likely N-dealkylation sites (tertiary alicyclic amines) is 1. The molecule has 3 aliphatic rings. The molecule has 8 nitrogen and oxygen atoms in total. The highest BCUT2D eigenvalue weighted by Crippen LogP contribution is 2.52. The van der Waals surface area contributed by atoms with Crippen molar-refractivity contribution in [2.45, 2.75) is 19.4 Å². The molecule has 2 heterocycles. The first-order valence-corrected chi connectivity index (χ1v) is 11.1. The maximum Gasteiger partial charge on any atom is 0.233 e. The Balaban J connectivity index is 0.00000259. The summed E-state index contributed by atoms with van der Waals surface area (Å²) in [5, 5.41) is 10.5. The summed E-state index contributed by atoms with van der Waals surface area (Å²) in [7, 11) is 1.70. The summed E-state index contributed by atoms with van der Waals surface area (Å²) in [6.45, 7) is 1.52. The Bertz CT molecular complexity index is 1040. The molecule has 1 saturated carbocycles. The lowest BCUT2D eigenvalue weighted by Crippen LogP contribution is -2.39. The number of guanidine groups is 1. The molecule has 2 bridgehead atoms. The number of allylic oxidation sites excluding steroid dienone is 2. The van der Waals surface area contributed by atoms with E-state index in [1.54, 1.807) is 7.05 Å². The number of aliphatic imine (C=N–C) groups is 1. The van der Waals surface area contributed by atoms with E-state index in [-0.39, 0.29) is 59.5 Å². The lowest BCUT2D eigenvalue weighted by atomic mass is 9.85. The van der Waals surface area contributed by atoms with E-state index in [1.165, 1.54) is 4.90 Å². The first kappa shape index (κ1) is 23.5. The fourth-order valence-corrected chi connectivity index (χ4v) is 5.16. The molecule has 1 aromatic carbocycles. The van der Waals surface area contributed by atoms with Gasteiger partial charge in [0.25, 0.3) is 0 Å². The molecule has 2 amide bonds. The summed E-state index contributed by atoms with van der Waals surface area (Å²) in [4.78, 5) is 31.2. The highest BCUT2D eigenvalue weighted by Gasteiger charge is 2.58. The zero-order valence-electron chi connectivity index (χ0n) is 18.4. The van der Waals surface area contributed by atoms with Gasteiger partial charge in [-0.2, -0.15) is 0 Å². The number of hydrogen-bond donors (Lipinski definition) is 2.